The van der Waals surface area contributed by atoms with Crippen LogP contribution in [0, 0.1) is 0 Å². The van der Waals surface area contributed by atoms with Gasteiger partial charge < -0.3 is 9.47 Å². The number of carbonyl (C=O) groups excluding carboxylic acids is 2. The van der Waals surface area contributed by atoms with Gasteiger partial charge in [0, 0.05) is 5.56 Å². The molecule has 4 nitrogen and oxygen atoms in total. The number of alkyl halides is 1. The van der Waals surface area contributed by atoms with Gasteiger partial charge in [-0.2, -0.15) is 0 Å². The van der Waals surface area contributed by atoms with E-state index in [-0.39, 0.29) is 5.78 Å². The van der Waals surface area contributed by atoms with Gasteiger partial charge in [-0.3, -0.25) is 9.59 Å². The molecule has 0 N–H and O–H groups in total. The summed E-state index contributed by atoms with van der Waals surface area (Å²) in [5, 5.41) is 0. The molecular weight excluding hydrogens is 336 g/mol. The normalized spacial score (nSPS) is 11.5. The summed E-state index contributed by atoms with van der Waals surface area (Å²) in [6.45, 7) is 0. The highest BCUT2D eigenvalue weighted by Crippen LogP contribution is 2.22. The number of Topliss-reactive ketones (excluding diaryl/α,β-unsaturated/α-hetero) is 1. The molecule has 0 fully saturated rings. The largest absolute Gasteiger partial charge is 0.468 e. The van der Waals surface area contributed by atoms with Crippen molar-refractivity contribution in [3.63, 3.8) is 0 Å². The Hall–Kier alpha value is -2.14. The minimum atomic E-state index is -0.997. The topological polar surface area (TPSA) is 52.6 Å². The molecule has 0 aromatic heterocycles. The number of rotatable bonds is 5. The van der Waals surface area contributed by atoms with E-state index >= 15 is 0 Å². The van der Waals surface area contributed by atoms with E-state index in [0.29, 0.717) is 17.1 Å². The molecule has 2 aromatic rings. The Morgan fingerprint density at radius 2 is 1.52 bits per heavy atom. The van der Waals surface area contributed by atoms with E-state index in [0.717, 1.165) is 0 Å². The number of hydrogen-bond donors (Lipinski definition) is 0. The average Bonchev–Trinajstić information content (AvgIpc) is 2.54. The van der Waals surface area contributed by atoms with Crippen molar-refractivity contribution in [2.75, 3.05) is 7.11 Å². The lowest BCUT2D eigenvalue weighted by Gasteiger charge is -2.08. The maximum absolute atomic E-state index is 12.0. The maximum atomic E-state index is 12.0. The lowest BCUT2D eigenvalue weighted by Crippen LogP contribution is -2.25. The second kappa shape index (κ2) is 7.04. The average molecular weight is 349 g/mol. The fourth-order valence-electron chi connectivity index (χ4n) is 1.67. The second-order valence-corrected chi connectivity index (χ2v) is 5.11. The molecule has 108 valence electrons. The predicted octanol–water partition coefficient (Wildman–Crippen LogP) is 3.60. The predicted molar refractivity (Wildman–Crippen MR) is 82.0 cm³/mol. The number of halogens is 1. The van der Waals surface area contributed by atoms with Crippen LogP contribution in [-0.4, -0.2) is 23.7 Å². The maximum Gasteiger partial charge on any atom is 0.327 e. The molecule has 0 aliphatic rings. The van der Waals surface area contributed by atoms with Crippen LogP contribution in [0.1, 0.15) is 10.4 Å². The highest BCUT2D eigenvalue weighted by atomic mass is 79.9. The fourth-order valence-corrected chi connectivity index (χ4v) is 2.12. The van der Waals surface area contributed by atoms with Crippen molar-refractivity contribution in [2.45, 2.75) is 4.83 Å². The van der Waals surface area contributed by atoms with Gasteiger partial charge in [-0.15, -0.1) is 0 Å². The molecular formula is C16H13BrO4. The van der Waals surface area contributed by atoms with E-state index in [4.69, 9.17) is 4.74 Å². The van der Waals surface area contributed by atoms with Crippen LogP contribution >= 0.6 is 15.9 Å². The van der Waals surface area contributed by atoms with Crippen LogP contribution in [-0.2, 0) is 9.53 Å². The Morgan fingerprint density at radius 3 is 2.10 bits per heavy atom. The number of ketones is 1. The van der Waals surface area contributed by atoms with E-state index in [1.54, 1.807) is 24.3 Å². The zero-order valence-electron chi connectivity index (χ0n) is 11.3. The monoisotopic (exact) mass is 348 g/mol. The summed E-state index contributed by atoms with van der Waals surface area (Å²) >= 11 is 3.02. The lowest BCUT2D eigenvalue weighted by atomic mass is 10.1. The first kappa shape index (κ1) is 15.3. The number of benzene rings is 2. The first-order valence-corrected chi connectivity index (χ1v) is 7.12. The number of ether oxygens (including phenoxy) is 2. The third-order valence-electron chi connectivity index (χ3n) is 2.76. The molecule has 0 spiro atoms. The molecule has 0 bridgehead atoms. The van der Waals surface area contributed by atoms with Crippen molar-refractivity contribution in [3.05, 3.63) is 60.2 Å². The van der Waals surface area contributed by atoms with Crippen LogP contribution in [0.2, 0.25) is 0 Å². The molecule has 1 atom stereocenters. The van der Waals surface area contributed by atoms with Crippen molar-refractivity contribution < 1.29 is 19.1 Å². The van der Waals surface area contributed by atoms with Gasteiger partial charge in [-0.05, 0) is 36.4 Å². The zero-order chi connectivity index (χ0) is 15.2. The van der Waals surface area contributed by atoms with Crippen molar-refractivity contribution in [1.82, 2.24) is 0 Å². The van der Waals surface area contributed by atoms with Gasteiger partial charge in [0.25, 0.3) is 0 Å². The van der Waals surface area contributed by atoms with Crippen LogP contribution < -0.4 is 4.74 Å². The Kier molecular flexibility index (Phi) is 5.11. The molecule has 5 heteroatoms. The van der Waals surface area contributed by atoms with Gasteiger partial charge >= 0.3 is 5.97 Å². The summed E-state index contributed by atoms with van der Waals surface area (Å²) < 4.78 is 10.2. The van der Waals surface area contributed by atoms with Gasteiger partial charge in [0.2, 0.25) is 0 Å². The molecule has 0 heterocycles. The minimum Gasteiger partial charge on any atom is -0.468 e. The summed E-state index contributed by atoms with van der Waals surface area (Å²) in [6.07, 6.45) is 0. The highest BCUT2D eigenvalue weighted by Gasteiger charge is 2.25. The molecule has 0 amide bonds. The first-order chi connectivity index (χ1) is 10.1. The van der Waals surface area contributed by atoms with E-state index in [1.807, 2.05) is 30.3 Å². The summed E-state index contributed by atoms with van der Waals surface area (Å²) in [4.78, 5) is 22.3. The molecule has 0 saturated carbocycles. The number of methoxy groups -OCH3 is 1. The van der Waals surface area contributed by atoms with E-state index in [9.17, 15) is 9.59 Å². The smallest absolute Gasteiger partial charge is 0.327 e. The van der Waals surface area contributed by atoms with Crippen LogP contribution in [0.4, 0.5) is 0 Å². The number of carbonyl (C=O) groups is 2. The third-order valence-corrected chi connectivity index (χ3v) is 3.55. The molecule has 0 radical (unpaired) electrons. The van der Waals surface area contributed by atoms with Crippen LogP contribution in [0.25, 0.3) is 0 Å². The lowest BCUT2D eigenvalue weighted by molar-refractivity contribution is -0.138. The Labute approximate surface area is 130 Å². The van der Waals surface area contributed by atoms with Crippen LogP contribution in [0.5, 0.6) is 11.5 Å². The van der Waals surface area contributed by atoms with Crippen molar-refractivity contribution in [2.24, 2.45) is 0 Å². The SMILES string of the molecule is COC(=O)C(Br)C(=O)c1ccc(Oc2ccccc2)cc1. The number of hydrogen-bond acceptors (Lipinski definition) is 4. The van der Waals surface area contributed by atoms with Gasteiger partial charge in [0.15, 0.2) is 10.6 Å². The van der Waals surface area contributed by atoms with Gasteiger partial charge in [-0.1, -0.05) is 34.1 Å². The summed E-state index contributed by atoms with van der Waals surface area (Å²) in [5.41, 5.74) is 0.405. The first-order valence-electron chi connectivity index (χ1n) is 6.21. The summed E-state index contributed by atoms with van der Waals surface area (Å²) in [5.74, 6) is 0.351. The molecule has 21 heavy (non-hydrogen) atoms. The van der Waals surface area contributed by atoms with Gasteiger partial charge in [0.1, 0.15) is 11.5 Å². The van der Waals surface area contributed by atoms with E-state index < -0.39 is 10.8 Å². The Balaban J connectivity index is 2.08. The quantitative estimate of drug-likeness (QED) is 0.358. The van der Waals surface area contributed by atoms with E-state index in [2.05, 4.69) is 20.7 Å². The minimum absolute atomic E-state index is 0.354. The van der Waals surface area contributed by atoms with Gasteiger partial charge in [-0.25, -0.2) is 0 Å². The standard InChI is InChI=1S/C16H13BrO4/c1-20-16(19)14(17)15(18)11-7-9-13(10-8-11)21-12-5-3-2-4-6-12/h2-10,14H,1H3. The molecule has 1 unspecified atom stereocenters. The molecule has 0 saturated heterocycles. The summed E-state index contributed by atoms with van der Waals surface area (Å²) in [6, 6.07) is 15.9. The Morgan fingerprint density at radius 1 is 0.952 bits per heavy atom. The van der Waals surface area contributed by atoms with Crippen LogP contribution in [0.15, 0.2) is 54.6 Å². The second-order valence-electron chi connectivity index (χ2n) is 4.19. The summed E-state index contributed by atoms with van der Waals surface area (Å²) in [7, 11) is 1.24. The zero-order valence-corrected chi connectivity index (χ0v) is 12.9. The van der Waals surface area contributed by atoms with Crippen LogP contribution in [0.3, 0.4) is 0 Å². The molecule has 2 aromatic carbocycles. The van der Waals surface area contributed by atoms with Crippen molar-refractivity contribution >= 4 is 27.7 Å². The fraction of sp³-hybridized carbons (Fsp3) is 0.125. The van der Waals surface area contributed by atoms with Crippen molar-refractivity contribution in [3.8, 4) is 11.5 Å². The Bertz CT molecular complexity index is 622. The van der Waals surface area contributed by atoms with Gasteiger partial charge in [0.05, 0.1) is 7.11 Å². The molecule has 0 aliphatic heterocycles. The van der Waals surface area contributed by atoms with Crippen molar-refractivity contribution in [1.29, 1.82) is 0 Å². The number of esters is 1. The molecule has 0 aliphatic carbocycles. The third kappa shape index (κ3) is 3.92. The van der Waals surface area contributed by atoms with E-state index in [1.165, 1.54) is 7.11 Å². The number of para-hydroxylation sites is 1. The molecule has 2 rings (SSSR count). The highest BCUT2D eigenvalue weighted by molar-refractivity contribution is 9.10.